The van der Waals surface area contributed by atoms with Crippen molar-refractivity contribution in [1.29, 1.82) is 0 Å². The molecule has 2 aromatic carbocycles. The van der Waals surface area contributed by atoms with E-state index in [-0.39, 0.29) is 12.4 Å². The normalized spacial score (nSPS) is 12.0. The number of halogens is 1. The molecule has 0 saturated heterocycles. The molecule has 0 fully saturated rings. The van der Waals surface area contributed by atoms with Crippen molar-refractivity contribution in [3.63, 3.8) is 0 Å². The van der Waals surface area contributed by atoms with Gasteiger partial charge < -0.3 is 15.2 Å². The zero-order chi connectivity index (χ0) is 15.2. The van der Waals surface area contributed by atoms with E-state index in [2.05, 4.69) is 5.32 Å². The molecule has 2 N–H and O–H groups in total. The first-order valence-corrected chi connectivity index (χ1v) is 6.92. The van der Waals surface area contributed by atoms with Crippen LogP contribution in [0.4, 0.5) is 10.1 Å². The minimum atomic E-state index is -0.673. The highest BCUT2D eigenvalue weighted by atomic mass is 19.1. The molecule has 0 heterocycles. The highest BCUT2D eigenvalue weighted by molar-refractivity contribution is 5.50. The first-order valence-electron chi connectivity index (χ1n) is 6.92. The molecule has 4 heteroatoms. The number of aliphatic hydroxyl groups is 1. The van der Waals surface area contributed by atoms with Gasteiger partial charge in [0.25, 0.3) is 0 Å². The Morgan fingerprint density at radius 3 is 2.76 bits per heavy atom. The second-order valence-corrected chi connectivity index (χ2v) is 5.12. The van der Waals surface area contributed by atoms with Gasteiger partial charge in [-0.1, -0.05) is 18.2 Å². The number of ether oxygens (including phenoxy) is 1. The molecule has 0 bridgehead atoms. The van der Waals surface area contributed by atoms with Crippen LogP contribution in [0.5, 0.6) is 5.75 Å². The number of hydrogen-bond acceptors (Lipinski definition) is 3. The lowest BCUT2D eigenvalue weighted by Gasteiger charge is -2.15. The fourth-order valence-electron chi connectivity index (χ4n) is 1.97. The molecule has 0 aliphatic rings. The molecule has 21 heavy (non-hydrogen) atoms. The quantitative estimate of drug-likeness (QED) is 0.857. The SMILES string of the molecule is Cc1cccc(OCC(O)CNc2cc(F)ccc2C)c1. The second kappa shape index (κ2) is 7.09. The van der Waals surface area contributed by atoms with Crippen LogP contribution in [0, 0.1) is 19.7 Å². The molecule has 2 aromatic rings. The first kappa shape index (κ1) is 15.3. The Balaban J connectivity index is 1.82. The Kier molecular flexibility index (Phi) is 5.17. The van der Waals surface area contributed by atoms with Gasteiger partial charge in [0, 0.05) is 12.2 Å². The molecule has 0 aliphatic heterocycles. The molecule has 0 aromatic heterocycles. The third-order valence-corrected chi connectivity index (χ3v) is 3.16. The third-order valence-electron chi connectivity index (χ3n) is 3.16. The van der Waals surface area contributed by atoms with Crippen molar-refractivity contribution in [3.8, 4) is 5.75 Å². The van der Waals surface area contributed by atoms with Crippen LogP contribution in [0.3, 0.4) is 0 Å². The summed E-state index contributed by atoms with van der Waals surface area (Å²) in [6, 6.07) is 12.2. The van der Waals surface area contributed by atoms with Gasteiger partial charge in [-0.05, 0) is 49.2 Å². The zero-order valence-corrected chi connectivity index (χ0v) is 12.3. The number of rotatable bonds is 6. The minimum absolute atomic E-state index is 0.185. The second-order valence-electron chi connectivity index (χ2n) is 5.12. The van der Waals surface area contributed by atoms with Crippen LogP contribution in [0.15, 0.2) is 42.5 Å². The summed E-state index contributed by atoms with van der Waals surface area (Å²) in [6.45, 7) is 4.36. The maximum atomic E-state index is 13.2. The smallest absolute Gasteiger partial charge is 0.125 e. The summed E-state index contributed by atoms with van der Waals surface area (Å²) in [7, 11) is 0. The van der Waals surface area contributed by atoms with Crippen molar-refractivity contribution < 1.29 is 14.2 Å². The van der Waals surface area contributed by atoms with Crippen molar-refractivity contribution in [2.45, 2.75) is 20.0 Å². The molecule has 2 rings (SSSR count). The van der Waals surface area contributed by atoms with Crippen molar-refractivity contribution >= 4 is 5.69 Å². The number of aryl methyl sites for hydroxylation is 2. The summed E-state index contributed by atoms with van der Waals surface area (Å²) >= 11 is 0. The minimum Gasteiger partial charge on any atom is -0.491 e. The number of nitrogens with one attached hydrogen (secondary N) is 1. The third kappa shape index (κ3) is 4.76. The van der Waals surface area contributed by atoms with Gasteiger partial charge in [0.1, 0.15) is 24.3 Å². The van der Waals surface area contributed by atoms with E-state index in [0.717, 1.165) is 16.9 Å². The van der Waals surface area contributed by atoms with Gasteiger partial charge in [0.15, 0.2) is 0 Å². The highest BCUT2D eigenvalue weighted by Crippen LogP contribution is 2.16. The largest absolute Gasteiger partial charge is 0.491 e. The van der Waals surface area contributed by atoms with Crippen LogP contribution in [0.1, 0.15) is 11.1 Å². The summed E-state index contributed by atoms with van der Waals surface area (Å²) in [5.41, 5.74) is 2.73. The van der Waals surface area contributed by atoms with Gasteiger partial charge in [-0.2, -0.15) is 0 Å². The fourth-order valence-corrected chi connectivity index (χ4v) is 1.97. The first-order chi connectivity index (χ1) is 10.0. The van der Waals surface area contributed by atoms with Crippen LogP contribution in [-0.2, 0) is 0 Å². The lowest BCUT2D eigenvalue weighted by atomic mass is 10.2. The van der Waals surface area contributed by atoms with E-state index in [1.54, 1.807) is 6.07 Å². The van der Waals surface area contributed by atoms with E-state index in [9.17, 15) is 9.50 Å². The lowest BCUT2D eigenvalue weighted by Crippen LogP contribution is -2.26. The summed E-state index contributed by atoms with van der Waals surface area (Å²) in [5.74, 6) is 0.435. The maximum Gasteiger partial charge on any atom is 0.125 e. The Labute approximate surface area is 124 Å². The Hall–Kier alpha value is -2.07. The van der Waals surface area contributed by atoms with Gasteiger partial charge in [-0.3, -0.25) is 0 Å². The van der Waals surface area contributed by atoms with E-state index in [1.807, 2.05) is 38.1 Å². The van der Waals surface area contributed by atoms with Crippen LogP contribution in [0.2, 0.25) is 0 Å². The fraction of sp³-hybridized carbons (Fsp3) is 0.294. The molecular weight excluding hydrogens is 269 g/mol. The molecule has 0 radical (unpaired) electrons. The number of hydrogen-bond donors (Lipinski definition) is 2. The predicted octanol–water partition coefficient (Wildman–Crippen LogP) is 3.29. The van der Waals surface area contributed by atoms with Crippen molar-refractivity contribution in [3.05, 3.63) is 59.4 Å². The molecule has 0 spiro atoms. The lowest BCUT2D eigenvalue weighted by molar-refractivity contribution is 0.117. The van der Waals surface area contributed by atoms with Crippen LogP contribution in [-0.4, -0.2) is 24.4 Å². The highest BCUT2D eigenvalue weighted by Gasteiger charge is 2.07. The van der Waals surface area contributed by atoms with E-state index in [0.29, 0.717) is 12.2 Å². The predicted molar refractivity (Wildman–Crippen MR) is 82.3 cm³/mol. The van der Waals surface area contributed by atoms with Gasteiger partial charge in [-0.25, -0.2) is 4.39 Å². The summed E-state index contributed by atoms with van der Waals surface area (Å²) in [4.78, 5) is 0. The van der Waals surface area contributed by atoms with E-state index < -0.39 is 6.10 Å². The average molecular weight is 289 g/mol. The molecule has 1 atom stereocenters. The Morgan fingerprint density at radius 1 is 1.19 bits per heavy atom. The molecule has 0 aliphatic carbocycles. The maximum absolute atomic E-state index is 13.2. The number of benzene rings is 2. The number of anilines is 1. The molecule has 0 saturated carbocycles. The number of aliphatic hydroxyl groups excluding tert-OH is 1. The monoisotopic (exact) mass is 289 g/mol. The van der Waals surface area contributed by atoms with E-state index in [1.165, 1.54) is 12.1 Å². The molecule has 3 nitrogen and oxygen atoms in total. The molecular formula is C17H20FNO2. The van der Waals surface area contributed by atoms with Crippen LogP contribution < -0.4 is 10.1 Å². The van der Waals surface area contributed by atoms with Crippen LogP contribution in [0.25, 0.3) is 0 Å². The molecule has 0 amide bonds. The van der Waals surface area contributed by atoms with Gasteiger partial charge in [0.2, 0.25) is 0 Å². The van der Waals surface area contributed by atoms with E-state index >= 15 is 0 Å². The van der Waals surface area contributed by atoms with Gasteiger partial charge >= 0.3 is 0 Å². The summed E-state index contributed by atoms with van der Waals surface area (Å²) in [6.07, 6.45) is -0.673. The average Bonchev–Trinajstić information content (AvgIpc) is 2.46. The summed E-state index contributed by atoms with van der Waals surface area (Å²) in [5, 5.41) is 13.0. The Bertz CT molecular complexity index is 601. The topological polar surface area (TPSA) is 41.5 Å². The van der Waals surface area contributed by atoms with Crippen molar-refractivity contribution in [1.82, 2.24) is 0 Å². The van der Waals surface area contributed by atoms with Crippen LogP contribution >= 0.6 is 0 Å². The van der Waals surface area contributed by atoms with Gasteiger partial charge in [-0.15, -0.1) is 0 Å². The van der Waals surface area contributed by atoms with Gasteiger partial charge in [0.05, 0.1) is 0 Å². The van der Waals surface area contributed by atoms with Crippen molar-refractivity contribution in [2.75, 3.05) is 18.5 Å². The van der Waals surface area contributed by atoms with Crippen molar-refractivity contribution in [2.24, 2.45) is 0 Å². The Morgan fingerprint density at radius 2 is 2.00 bits per heavy atom. The zero-order valence-electron chi connectivity index (χ0n) is 12.3. The van der Waals surface area contributed by atoms with E-state index in [4.69, 9.17) is 4.74 Å². The summed E-state index contributed by atoms with van der Waals surface area (Å²) < 4.78 is 18.7. The standard InChI is InChI=1S/C17H20FNO2/c1-12-4-3-5-16(8-12)21-11-15(20)10-19-17-9-14(18)7-6-13(17)2/h3-9,15,19-20H,10-11H2,1-2H3. The molecule has 112 valence electrons. The molecule has 1 unspecified atom stereocenters.